The molecule has 7 nitrogen and oxygen atoms in total. The minimum Gasteiger partial charge on any atom is -0.490 e. The molecule has 0 atom stereocenters. The number of tetrazole rings is 1. The van der Waals surface area contributed by atoms with Crippen molar-refractivity contribution in [1.82, 2.24) is 25.5 Å². The number of aromatic nitrogens is 4. The third kappa shape index (κ3) is 6.35. The molecule has 0 aliphatic heterocycles. The van der Waals surface area contributed by atoms with Gasteiger partial charge >= 0.3 is 0 Å². The number of aryl methyl sites for hydroxylation is 2. The van der Waals surface area contributed by atoms with Gasteiger partial charge in [-0.05, 0) is 47.5 Å². The van der Waals surface area contributed by atoms with Crippen molar-refractivity contribution in [2.24, 2.45) is 7.05 Å². The molecule has 0 fully saturated rings. The molecule has 1 aromatic heterocycles. The van der Waals surface area contributed by atoms with Crippen molar-refractivity contribution in [2.45, 2.75) is 32.2 Å². The van der Waals surface area contributed by atoms with Crippen LogP contribution in [-0.2, 0) is 20.2 Å². The van der Waals surface area contributed by atoms with E-state index in [0.29, 0.717) is 36.3 Å². The highest BCUT2D eigenvalue weighted by Crippen LogP contribution is 2.37. The van der Waals surface area contributed by atoms with Gasteiger partial charge in [0.05, 0.1) is 11.6 Å². The van der Waals surface area contributed by atoms with Gasteiger partial charge in [0.15, 0.2) is 11.5 Å². The van der Waals surface area contributed by atoms with Crippen LogP contribution in [0.3, 0.4) is 0 Å². The smallest absolute Gasteiger partial charge is 0.209 e. The third-order valence-corrected chi connectivity index (χ3v) is 5.59. The molecule has 0 aliphatic rings. The Morgan fingerprint density at radius 3 is 2.63 bits per heavy atom. The van der Waals surface area contributed by atoms with Crippen LogP contribution in [0, 0.1) is 6.92 Å². The van der Waals surface area contributed by atoms with Crippen LogP contribution in [0.1, 0.15) is 23.6 Å². The van der Waals surface area contributed by atoms with Crippen molar-refractivity contribution in [3.63, 3.8) is 0 Å². The van der Waals surface area contributed by atoms with E-state index in [-0.39, 0.29) is 0 Å². The zero-order valence-electron chi connectivity index (χ0n) is 17.4. The second-order valence-corrected chi connectivity index (χ2v) is 8.19. The van der Waals surface area contributed by atoms with Crippen molar-refractivity contribution in [2.75, 3.05) is 18.9 Å². The fourth-order valence-electron chi connectivity index (χ4n) is 2.76. The number of nitrogens with zero attached hydrogens (tertiary/aromatic N) is 4. The molecule has 160 valence electrons. The molecule has 2 aromatic carbocycles. The predicted octanol–water partition coefficient (Wildman–Crippen LogP) is 4.03. The molecule has 0 unspecified atom stereocenters. The fraction of sp³-hybridized carbons (Fsp3) is 0.381. The quantitative estimate of drug-likeness (QED) is 0.351. The molecular weight excluding hydrogens is 422 g/mol. The molecule has 1 N–H and O–H groups in total. The van der Waals surface area contributed by atoms with E-state index in [2.05, 4.69) is 52.0 Å². The molecule has 0 aliphatic carbocycles. The summed E-state index contributed by atoms with van der Waals surface area (Å²) in [6.07, 6.45) is 0. The van der Waals surface area contributed by atoms with Crippen molar-refractivity contribution < 1.29 is 9.47 Å². The molecule has 1 heterocycles. The summed E-state index contributed by atoms with van der Waals surface area (Å²) >= 11 is 8.13. The molecule has 0 saturated heterocycles. The highest BCUT2D eigenvalue weighted by Gasteiger charge is 2.13. The molecule has 9 heteroatoms. The van der Waals surface area contributed by atoms with Gasteiger partial charge in [-0.2, -0.15) is 0 Å². The average molecular weight is 448 g/mol. The second-order valence-electron chi connectivity index (χ2n) is 6.72. The van der Waals surface area contributed by atoms with Crippen LogP contribution in [0.5, 0.6) is 11.5 Å². The lowest BCUT2D eigenvalue weighted by molar-refractivity contribution is 0.269. The summed E-state index contributed by atoms with van der Waals surface area (Å²) in [6.45, 7) is 6.47. The van der Waals surface area contributed by atoms with Crippen LogP contribution < -0.4 is 14.8 Å². The van der Waals surface area contributed by atoms with Crippen LogP contribution in [0.4, 0.5) is 0 Å². The summed E-state index contributed by atoms with van der Waals surface area (Å²) in [5.41, 5.74) is 3.34. The molecule has 0 amide bonds. The lowest BCUT2D eigenvalue weighted by Crippen LogP contribution is -2.17. The van der Waals surface area contributed by atoms with Crippen LogP contribution in [0.15, 0.2) is 41.6 Å². The number of hydrogen-bond acceptors (Lipinski definition) is 7. The Hall–Kier alpha value is -2.29. The summed E-state index contributed by atoms with van der Waals surface area (Å²) in [5.74, 6) is 2.10. The van der Waals surface area contributed by atoms with Gasteiger partial charge in [-0.1, -0.05) is 53.2 Å². The molecule has 3 aromatic rings. The lowest BCUT2D eigenvalue weighted by Gasteiger charge is -2.16. The number of rotatable bonds is 11. The van der Waals surface area contributed by atoms with E-state index in [0.717, 1.165) is 28.6 Å². The van der Waals surface area contributed by atoms with E-state index in [9.17, 15) is 0 Å². The summed E-state index contributed by atoms with van der Waals surface area (Å²) in [5, 5.41) is 16.2. The monoisotopic (exact) mass is 447 g/mol. The standard InChI is InChI=1S/C21H26ClN5O2S/c1-4-28-19-12-17(13-23-9-10-30-21-24-25-26-27(21)3)11-18(22)20(19)29-14-16-7-5-15(2)6-8-16/h5-8,11-12,23H,4,9-10,13-14H2,1-3H3. The molecule has 30 heavy (non-hydrogen) atoms. The van der Waals surface area contributed by atoms with Crippen LogP contribution >= 0.6 is 23.4 Å². The Morgan fingerprint density at radius 2 is 1.93 bits per heavy atom. The van der Waals surface area contributed by atoms with Crippen LogP contribution in [0.2, 0.25) is 5.02 Å². The maximum absolute atomic E-state index is 6.52. The Kier molecular flexibility index (Phi) is 8.36. The zero-order valence-corrected chi connectivity index (χ0v) is 19.0. The largest absolute Gasteiger partial charge is 0.490 e. The van der Waals surface area contributed by atoms with Gasteiger partial charge in [-0.25, -0.2) is 4.68 Å². The van der Waals surface area contributed by atoms with Crippen molar-refractivity contribution in [1.29, 1.82) is 0 Å². The molecule has 0 saturated carbocycles. The number of halogens is 1. The first-order chi connectivity index (χ1) is 14.6. The normalized spacial score (nSPS) is 10.9. The number of ether oxygens (including phenoxy) is 2. The number of hydrogen-bond donors (Lipinski definition) is 1. The minimum atomic E-state index is 0.436. The molecule has 3 rings (SSSR count). The predicted molar refractivity (Wildman–Crippen MR) is 119 cm³/mol. The van der Waals surface area contributed by atoms with Crippen molar-refractivity contribution >= 4 is 23.4 Å². The minimum absolute atomic E-state index is 0.436. The maximum Gasteiger partial charge on any atom is 0.209 e. The number of benzene rings is 2. The Morgan fingerprint density at radius 1 is 1.13 bits per heavy atom. The van der Waals surface area contributed by atoms with Gasteiger partial charge < -0.3 is 14.8 Å². The Balaban J connectivity index is 1.56. The molecule has 0 spiro atoms. The Bertz CT molecular complexity index is 949. The molecule has 0 bridgehead atoms. The molecular formula is C21H26ClN5O2S. The summed E-state index contributed by atoms with van der Waals surface area (Å²) in [7, 11) is 1.83. The second kappa shape index (κ2) is 11.2. The van der Waals surface area contributed by atoms with Gasteiger partial charge in [0.2, 0.25) is 5.16 Å². The third-order valence-electron chi connectivity index (χ3n) is 4.29. The van der Waals surface area contributed by atoms with E-state index in [1.807, 2.05) is 26.1 Å². The zero-order chi connectivity index (χ0) is 21.3. The SMILES string of the molecule is CCOc1cc(CNCCSc2nnnn2C)cc(Cl)c1OCc1ccc(C)cc1. The summed E-state index contributed by atoms with van der Waals surface area (Å²) < 4.78 is 13.4. The van der Waals surface area contributed by atoms with Crippen molar-refractivity contribution in [3.8, 4) is 11.5 Å². The van der Waals surface area contributed by atoms with Crippen LogP contribution in [-0.4, -0.2) is 39.1 Å². The average Bonchev–Trinajstić information content (AvgIpc) is 3.13. The van der Waals surface area contributed by atoms with Gasteiger partial charge in [-0.15, -0.1) is 5.10 Å². The van der Waals surface area contributed by atoms with Gasteiger partial charge in [-0.3, -0.25) is 0 Å². The Labute approximate surface area is 186 Å². The first-order valence-electron chi connectivity index (χ1n) is 9.76. The summed E-state index contributed by atoms with van der Waals surface area (Å²) in [6, 6.07) is 12.1. The van der Waals surface area contributed by atoms with Gasteiger partial charge in [0.1, 0.15) is 6.61 Å². The van der Waals surface area contributed by atoms with E-state index >= 15 is 0 Å². The number of nitrogens with one attached hydrogen (secondary N) is 1. The summed E-state index contributed by atoms with van der Waals surface area (Å²) in [4.78, 5) is 0. The van der Waals surface area contributed by atoms with Crippen LogP contribution in [0.25, 0.3) is 0 Å². The highest BCUT2D eigenvalue weighted by atomic mass is 35.5. The maximum atomic E-state index is 6.52. The van der Waals surface area contributed by atoms with Gasteiger partial charge in [0, 0.05) is 25.9 Å². The van der Waals surface area contributed by atoms with Crippen molar-refractivity contribution in [3.05, 3.63) is 58.1 Å². The number of thioether (sulfide) groups is 1. The highest BCUT2D eigenvalue weighted by molar-refractivity contribution is 7.99. The van der Waals surface area contributed by atoms with E-state index < -0.39 is 0 Å². The fourth-order valence-corrected chi connectivity index (χ4v) is 3.79. The topological polar surface area (TPSA) is 74.1 Å². The van der Waals surface area contributed by atoms with E-state index in [4.69, 9.17) is 21.1 Å². The molecule has 0 radical (unpaired) electrons. The van der Waals surface area contributed by atoms with E-state index in [1.54, 1.807) is 16.4 Å². The van der Waals surface area contributed by atoms with Gasteiger partial charge in [0.25, 0.3) is 0 Å². The first-order valence-corrected chi connectivity index (χ1v) is 11.1. The lowest BCUT2D eigenvalue weighted by atomic mass is 10.1. The first kappa shape index (κ1) is 22.4. The van der Waals surface area contributed by atoms with E-state index in [1.165, 1.54) is 5.56 Å².